The molecule has 1 aliphatic heterocycles. The van der Waals surface area contributed by atoms with E-state index in [1.54, 1.807) is 23.3 Å². The zero-order valence-electron chi connectivity index (χ0n) is 20.9. The van der Waals surface area contributed by atoms with Crippen LogP contribution in [-0.2, 0) is 9.63 Å². The Hall–Kier alpha value is -3.31. The number of fused-ring (bicyclic) bond motifs is 1. The standard InChI is InChI=1S/C28H27Cl2N5O2/c1-28(2,3)27(36)37-34-10-8-23(9-11-34)35-17-21(16-33-35)20-13-24-19(14-31-26(24)32-15-20)5-4-18-12-22(29)6-7-25(18)30/h6-7,12-17,23H,8-11H2,1-3H3,(H,31,32). The van der Waals surface area contributed by atoms with Crippen LogP contribution >= 0.6 is 23.2 Å². The Labute approximate surface area is 225 Å². The fourth-order valence-corrected chi connectivity index (χ4v) is 4.47. The Bertz CT molecular complexity index is 1510. The number of piperidine rings is 1. The lowest BCUT2D eigenvalue weighted by Gasteiger charge is -2.32. The van der Waals surface area contributed by atoms with Gasteiger partial charge in [-0.05, 0) is 57.9 Å². The third kappa shape index (κ3) is 5.67. The van der Waals surface area contributed by atoms with E-state index in [4.69, 9.17) is 28.0 Å². The van der Waals surface area contributed by atoms with Gasteiger partial charge in [0.15, 0.2) is 0 Å². The van der Waals surface area contributed by atoms with Crippen LogP contribution in [0.5, 0.6) is 0 Å². The number of hydrogen-bond acceptors (Lipinski definition) is 5. The molecule has 1 fully saturated rings. The molecule has 1 aliphatic rings. The molecule has 1 aromatic carbocycles. The van der Waals surface area contributed by atoms with Crippen LogP contribution in [0.4, 0.5) is 0 Å². The van der Waals surface area contributed by atoms with Crippen LogP contribution in [0.1, 0.15) is 50.8 Å². The first-order valence-corrected chi connectivity index (χ1v) is 12.9. The summed E-state index contributed by atoms with van der Waals surface area (Å²) in [7, 11) is 0. The molecule has 4 aromatic rings. The third-order valence-electron chi connectivity index (χ3n) is 6.35. The molecule has 37 heavy (non-hydrogen) atoms. The van der Waals surface area contributed by atoms with E-state index in [9.17, 15) is 4.79 Å². The molecule has 0 saturated carbocycles. The van der Waals surface area contributed by atoms with Crippen LogP contribution in [0.25, 0.3) is 22.2 Å². The van der Waals surface area contributed by atoms with Gasteiger partial charge < -0.3 is 9.82 Å². The Kier molecular flexibility index (Phi) is 7.00. The molecule has 0 aliphatic carbocycles. The molecule has 3 aromatic heterocycles. The molecular weight excluding hydrogens is 509 g/mol. The van der Waals surface area contributed by atoms with Crippen LogP contribution < -0.4 is 0 Å². The molecule has 0 bridgehead atoms. The Balaban J connectivity index is 1.31. The van der Waals surface area contributed by atoms with Crippen LogP contribution in [0.15, 0.2) is 49.1 Å². The van der Waals surface area contributed by atoms with Crippen molar-refractivity contribution in [3.05, 3.63) is 70.2 Å². The van der Waals surface area contributed by atoms with Crippen LogP contribution in [0.3, 0.4) is 0 Å². The van der Waals surface area contributed by atoms with Gasteiger partial charge in [-0.3, -0.25) is 4.68 Å². The Morgan fingerprint density at radius 1 is 1.08 bits per heavy atom. The van der Waals surface area contributed by atoms with Crippen molar-refractivity contribution in [3.63, 3.8) is 0 Å². The van der Waals surface area contributed by atoms with Gasteiger partial charge in [0.05, 0.1) is 28.2 Å². The van der Waals surface area contributed by atoms with Crippen LogP contribution in [-0.4, -0.2) is 43.9 Å². The molecule has 0 radical (unpaired) electrons. The van der Waals surface area contributed by atoms with E-state index in [1.807, 2.05) is 50.2 Å². The Morgan fingerprint density at radius 3 is 2.59 bits per heavy atom. The summed E-state index contributed by atoms with van der Waals surface area (Å²) in [6.45, 7) is 6.93. The summed E-state index contributed by atoms with van der Waals surface area (Å²) < 4.78 is 2.00. The fraction of sp³-hybridized carbons (Fsp3) is 0.321. The summed E-state index contributed by atoms with van der Waals surface area (Å²) in [5.74, 6) is 6.09. The van der Waals surface area contributed by atoms with Gasteiger partial charge in [-0.1, -0.05) is 35.0 Å². The predicted molar refractivity (Wildman–Crippen MR) is 145 cm³/mol. The number of hydrogen-bond donors (Lipinski definition) is 1. The van der Waals surface area contributed by atoms with Crippen molar-refractivity contribution in [1.82, 2.24) is 24.8 Å². The van der Waals surface area contributed by atoms with Gasteiger partial charge in [0.2, 0.25) is 0 Å². The molecule has 1 saturated heterocycles. The molecule has 0 amide bonds. The molecule has 7 nitrogen and oxygen atoms in total. The van der Waals surface area contributed by atoms with Crippen molar-refractivity contribution in [1.29, 1.82) is 0 Å². The summed E-state index contributed by atoms with van der Waals surface area (Å²) in [6, 6.07) is 7.54. The number of benzene rings is 1. The first-order chi connectivity index (χ1) is 17.7. The molecule has 0 unspecified atom stereocenters. The number of aromatic amines is 1. The third-order valence-corrected chi connectivity index (χ3v) is 6.91. The Morgan fingerprint density at radius 2 is 1.84 bits per heavy atom. The highest BCUT2D eigenvalue weighted by molar-refractivity contribution is 6.33. The summed E-state index contributed by atoms with van der Waals surface area (Å²) >= 11 is 12.3. The molecule has 4 heterocycles. The molecular formula is C28H27Cl2N5O2. The lowest BCUT2D eigenvalue weighted by atomic mass is 9.98. The second-order valence-corrected chi connectivity index (χ2v) is 11.0. The van der Waals surface area contributed by atoms with Crippen molar-refractivity contribution in [2.75, 3.05) is 13.1 Å². The van der Waals surface area contributed by atoms with Crippen molar-refractivity contribution >= 4 is 40.2 Å². The zero-order chi connectivity index (χ0) is 26.2. The predicted octanol–water partition coefficient (Wildman–Crippen LogP) is 6.27. The van der Waals surface area contributed by atoms with Gasteiger partial charge in [0.1, 0.15) is 5.65 Å². The van der Waals surface area contributed by atoms with Gasteiger partial charge in [-0.25, -0.2) is 9.78 Å². The smallest absolute Gasteiger partial charge is 0.330 e. The number of H-pyrrole nitrogens is 1. The quantitative estimate of drug-likeness (QED) is 0.312. The molecule has 0 atom stereocenters. The van der Waals surface area contributed by atoms with Gasteiger partial charge in [-0.15, -0.1) is 5.06 Å². The number of nitrogens with one attached hydrogen (secondary N) is 1. The number of halogens is 2. The van der Waals surface area contributed by atoms with Crippen molar-refractivity contribution in [3.8, 4) is 23.0 Å². The summed E-state index contributed by atoms with van der Waals surface area (Å²) in [5, 5.41) is 8.45. The van der Waals surface area contributed by atoms with E-state index in [0.717, 1.165) is 40.6 Å². The number of pyridine rings is 1. The molecule has 190 valence electrons. The van der Waals surface area contributed by atoms with E-state index in [0.29, 0.717) is 28.7 Å². The van der Waals surface area contributed by atoms with Gasteiger partial charge in [0.25, 0.3) is 0 Å². The number of carbonyl (C=O) groups is 1. The summed E-state index contributed by atoms with van der Waals surface area (Å²) in [6.07, 6.45) is 9.28. The minimum absolute atomic E-state index is 0.209. The number of nitrogens with zero attached hydrogens (tertiary/aromatic N) is 4. The average molecular weight is 536 g/mol. The van der Waals surface area contributed by atoms with E-state index in [2.05, 4.69) is 33.0 Å². The maximum absolute atomic E-state index is 12.2. The normalized spacial score (nSPS) is 14.9. The summed E-state index contributed by atoms with van der Waals surface area (Å²) in [4.78, 5) is 25.5. The SMILES string of the molecule is CC(C)(C)C(=O)ON1CCC(n2cc(-c3cnc4[nH]cc(C#Cc5cc(Cl)ccc5Cl)c4c3)cn2)CC1. The van der Waals surface area contributed by atoms with Gasteiger partial charge in [0, 0.05) is 58.8 Å². The van der Waals surface area contributed by atoms with Crippen LogP contribution in [0.2, 0.25) is 10.0 Å². The molecule has 9 heteroatoms. The van der Waals surface area contributed by atoms with Crippen LogP contribution in [0, 0.1) is 17.3 Å². The molecule has 5 rings (SSSR count). The summed E-state index contributed by atoms with van der Waals surface area (Å²) in [5.41, 5.74) is 3.68. The molecule has 0 spiro atoms. The second kappa shape index (κ2) is 10.2. The van der Waals surface area contributed by atoms with E-state index >= 15 is 0 Å². The average Bonchev–Trinajstić information content (AvgIpc) is 3.52. The largest absolute Gasteiger partial charge is 0.367 e. The first-order valence-electron chi connectivity index (χ1n) is 12.1. The van der Waals surface area contributed by atoms with E-state index < -0.39 is 5.41 Å². The number of aromatic nitrogens is 4. The van der Waals surface area contributed by atoms with Gasteiger partial charge in [-0.2, -0.15) is 5.10 Å². The number of hydroxylamine groups is 2. The van der Waals surface area contributed by atoms with E-state index in [1.165, 1.54) is 0 Å². The highest BCUT2D eigenvalue weighted by Gasteiger charge is 2.29. The van der Waals surface area contributed by atoms with Crippen molar-refractivity contribution in [2.24, 2.45) is 5.41 Å². The highest BCUT2D eigenvalue weighted by atomic mass is 35.5. The minimum Gasteiger partial charge on any atom is -0.367 e. The lowest BCUT2D eigenvalue weighted by Crippen LogP contribution is -2.39. The topological polar surface area (TPSA) is 76.0 Å². The fourth-order valence-electron chi connectivity index (χ4n) is 4.13. The van der Waals surface area contributed by atoms with Crippen molar-refractivity contribution in [2.45, 2.75) is 39.7 Å². The maximum atomic E-state index is 12.2. The van der Waals surface area contributed by atoms with E-state index in [-0.39, 0.29) is 12.0 Å². The number of rotatable bonds is 3. The second-order valence-electron chi connectivity index (χ2n) is 10.2. The maximum Gasteiger partial charge on any atom is 0.330 e. The highest BCUT2D eigenvalue weighted by Crippen LogP contribution is 2.28. The lowest BCUT2D eigenvalue weighted by molar-refractivity contribution is -0.205. The minimum atomic E-state index is -0.518. The molecule has 1 N–H and O–H groups in total. The first kappa shape index (κ1) is 25.3. The number of carbonyl (C=O) groups excluding carboxylic acids is 1. The zero-order valence-corrected chi connectivity index (χ0v) is 22.4. The van der Waals surface area contributed by atoms with Gasteiger partial charge >= 0.3 is 5.97 Å². The van der Waals surface area contributed by atoms with Crippen molar-refractivity contribution < 1.29 is 9.63 Å². The monoisotopic (exact) mass is 535 g/mol.